The van der Waals surface area contributed by atoms with Crippen molar-refractivity contribution in [2.45, 2.75) is 33.4 Å². The van der Waals surface area contributed by atoms with Gasteiger partial charge in [-0.05, 0) is 62.2 Å². The lowest BCUT2D eigenvalue weighted by molar-refractivity contribution is 0.0950. The summed E-state index contributed by atoms with van der Waals surface area (Å²) in [6.07, 6.45) is 0.117. The molecule has 0 atom stereocenters. The third-order valence-electron chi connectivity index (χ3n) is 3.30. The molecule has 132 valence electrons. The molecular formula is C21H25NO3. The van der Waals surface area contributed by atoms with E-state index in [1.54, 1.807) is 18.2 Å². The number of hydrogen-bond acceptors (Lipinski definition) is 3. The maximum atomic E-state index is 12.4. The molecule has 0 saturated heterocycles. The fraction of sp³-hybridized carbons (Fsp3) is 0.286. The third-order valence-corrected chi connectivity index (χ3v) is 3.30. The lowest BCUT2D eigenvalue weighted by Gasteiger charge is -2.12. The number of rotatable bonds is 8. The molecule has 2 rings (SSSR count). The summed E-state index contributed by atoms with van der Waals surface area (Å²) in [6.45, 7) is 10.5. The minimum Gasteiger partial charge on any atom is -0.491 e. The first-order valence-electron chi connectivity index (χ1n) is 8.35. The van der Waals surface area contributed by atoms with E-state index in [0.717, 1.165) is 16.9 Å². The molecule has 0 aliphatic carbocycles. The summed E-state index contributed by atoms with van der Waals surface area (Å²) in [4.78, 5) is 12.4. The molecule has 0 aromatic heterocycles. The Labute approximate surface area is 149 Å². The van der Waals surface area contributed by atoms with Crippen molar-refractivity contribution in [1.29, 1.82) is 0 Å². The van der Waals surface area contributed by atoms with Crippen LogP contribution in [0.25, 0.3) is 0 Å². The average molecular weight is 339 g/mol. The van der Waals surface area contributed by atoms with Crippen molar-refractivity contribution in [3.8, 4) is 11.5 Å². The van der Waals surface area contributed by atoms with E-state index < -0.39 is 0 Å². The molecule has 0 aliphatic rings. The monoisotopic (exact) mass is 339 g/mol. The molecule has 1 N–H and O–H groups in total. The van der Waals surface area contributed by atoms with Crippen LogP contribution >= 0.6 is 0 Å². The first-order valence-corrected chi connectivity index (χ1v) is 8.35. The van der Waals surface area contributed by atoms with Crippen LogP contribution in [0.2, 0.25) is 0 Å². The summed E-state index contributed by atoms with van der Waals surface area (Å²) >= 11 is 0. The number of hydrogen-bond donors (Lipinski definition) is 1. The molecule has 0 unspecified atom stereocenters. The van der Waals surface area contributed by atoms with Gasteiger partial charge in [-0.1, -0.05) is 24.8 Å². The van der Waals surface area contributed by atoms with Crippen molar-refractivity contribution in [2.24, 2.45) is 0 Å². The Morgan fingerprint density at radius 3 is 2.56 bits per heavy atom. The summed E-state index contributed by atoms with van der Waals surface area (Å²) in [6, 6.07) is 14.9. The van der Waals surface area contributed by atoms with E-state index in [2.05, 4.69) is 11.9 Å². The second kappa shape index (κ2) is 8.92. The predicted octanol–water partition coefficient (Wildman–Crippen LogP) is 4.36. The minimum atomic E-state index is -0.143. The number of benzene rings is 2. The summed E-state index contributed by atoms with van der Waals surface area (Å²) in [5.74, 6) is 1.32. The highest BCUT2D eigenvalue weighted by Crippen LogP contribution is 2.16. The summed E-state index contributed by atoms with van der Waals surface area (Å²) in [5.41, 5.74) is 2.48. The molecule has 0 spiro atoms. The van der Waals surface area contributed by atoms with Gasteiger partial charge in [0.15, 0.2) is 0 Å². The topological polar surface area (TPSA) is 47.6 Å². The van der Waals surface area contributed by atoms with Crippen molar-refractivity contribution in [1.82, 2.24) is 5.32 Å². The molecule has 2 aromatic carbocycles. The quantitative estimate of drug-likeness (QED) is 0.727. The van der Waals surface area contributed by atoms with Gasteiger partial charge in [-0.3, -0.25) is 4.79 Å². The van der Waals surface area contributed by atoms with Gasteiger partial charge in [-0.25, -0.2) is 0 Å². The fourth-order valence-corrected chi connectivity index (χ4v) is 2.22. The predicted molar refractivity (Wildman–Crippen MR) is 100 cm³/mol. The molecule has 0 heterocycles. The Bertz CT molecular complexity index is 737. The highest BCUT2D eigenvalue weighted by atomic mass is 16.5. The first kappa shape index (κ1) is 18.6. The van der Waals surface area contributed by atoms with E-state index in [-0.39, 0.29) is 12.0 Å². The van der Waals surface area contributed by atoms with Crippen LogP contribution in [0.5, 0.6) is 11.5 Å². The zero-order valence-electron chi connectivity index (χ0n) is 15.0. The number of nitrogens with one attached hydrogen (secondary N) is 1. The maximum Gasteiger partial charge on any atom is 0.251 e. The summed E-state index contributed by atoms with van der Waals surface area (Å²) < 4.78 is 11.2. The van der Waals surface area contributed by atoms with Crippen molar-refractivity contribution in [3.05, 3.63) is 71.8 Å². The second-order valence-electron chi connectivity index (χ2n) is 6.27. The molecule has 2 aromatic rings. The van der Waals surface area contributed by atoms with Crippen LogP contribution in [-0.2, 0) is 6.54 Å². The number of amides is 1. The molecule has 25 heavy (non-hydrogen) atoms. The van der Waals surface area contributed by atoms with E-state index in [1.807, 2.05) is 51.1 Å². The van der Waals surface area contributed by atoms with Gasteiger partial charge in [0.2, 0.25) is 0 Å². The van der Waals surface area contributed by atoms with Gasteiger partial charge in [0, 0.05) is 12.1 Å². The maximum absolute atomic E-state index is 12.4. The van der Waals surface area contributed by atoms with Crippen molar-refractivity contribution in [2.75, 3.05) is 6.61 Å². The third kappa shape index (κ3) is 6.34. The SMILES string of the molecule is C=C(C)COc1cccc(C(=O)NCc2cccc(OC(C)C)c2)c1. The van der Waals surface area contributed by atoms with Gasteiger partial charge in [0.1, 0.15) is 18.1 Å². The van der Waals surface area contributed by atoms with Gasteiger partial charge in [-0.15, -0.1) is 0 Å². The lowest BCUT2D eigenvalue weighted by atomic mass is 10.1. The van der Waals surface area contributed by atoms with Gasteiger partial charge < -0.3 is 14.8 Å². The largest absolute Gasteiger partial charge is 0.491 e. The molecule has 0 saturated carbocycles. The van der Waals surface area contributed by atoms with Gasteiger partial charge in [0.05, 0.1) is 6.10 Å². The Kier molecular flexibility index (Phi) is 6.63. The van der Waals surface area contributed by atoms with Gasteiger partial charge in [0.25, 0.3) is 5.91 Å². The van der Waals surface area contributed by atoms with E-state index in [1.165, 1.54) is 0 Å². The number of carbonyl (C=O) groups is 1. The summed E-state index contributed by atoms with van der Waals surface area (Å²) in [5, 5.41) is 2.92. The van der Waals surface area contributed by atoms with E-state index in [4.69, 9.17) is 9.47 Å². The Balaban J connectivity index is 1.96. The fourth-order valence-electron chi connectivity index (χ4n) is 2.22. The standard InChI is InChI=1S/C21H25NO3/c1-15(2)14-24-19-9-6-8-18(12-19)21(23)22-13-17-7-5-10-20(11-17)25-16(3)4/h5-12,16H,1,13-14H2,2-4H3,(H,22,23). The highest BCUT2D eigenvalue weighted by molar-refractivity contribution is 5.94. The van der Waals surface area contributed by atoms with Gasteiger partial charge in [-0.2, -0.15) is 0 Å². The molecule has 4 nitrogen and oxygen atoms in total. The average Bonchev–Trinajstić information content (AvgIpc) is 2.58. The van der Waals surface area contributed by atoms with E-state index in [9.17, 15) is 4.79 Å². The first-order chi connectivity index (χ1) is 11.9. The van der Waals surface area contributed by atoms with Crippen LogP contribution in [0.1, 0.15) is 36.7 Å². The molecular weight excluding hydrogens is 314 g/mol. The Morgan fingerprint density at radius 2 is 1.84 bits per heavy atom. The summed E-state index contributed by atoms with van der Waals surface area (Å²) in [7, 11) is 0. The van der Waals surface area contributed by atoms with Crippen LogP contribution in [0.3, 0.4) is 0 Å². The molecule has 0 aliphatic heterocycles. The van der Waals surface area contributed by atoms with Crippen LogP contribution in [0, 0.1) is 0 Å². The zero-order chi connectivity index (χ0) is 18.2. The smallest absolute Gasteiger partial charge is 0.251 e. The molecule has 0 radical (unpaired) electrons. The lowest BCUT2D eigenvalue weighted by Crippen LogP contribution is -2.22. The van der Waals surface area contributed by atoms with E-state index in [0.29, 0.717) is 24.5 Å². The Morgan fingerprint density at radius 1 is 1.12 bits per heavy atom. The number of ether oxygens (including phenoxy) is 2. The van der Waals surface area contributed by atoms with Crippen LogP contribution in [0.4, 0.5) is 0 Å². The van der Waals surface area contributed by atoms with E-state index >= 15 is 0 Å². The molecule has 0 fully saturated rings. The van der Waals surface area contributed by atoms with Crippen molar-refractivity contribution >= 4 is 5.91 Å². The zero-order valence-corrected chi connectivity index (χ0v) is 15.0. The molecule has 1 amide bonds. The minimum absolute atomic E-state index is 0.117. The number of carbonyl (C=O) groups excluding carboxylic acids is 1. The van der Waals surface area contributed by atoms with Crippen LogP contribution in [0.15, 0.2) is 60.7 Å². The normalized spacial score (nSPS) is 10.4. The second-order valence-corrected chi connectivity index (χ2v) is 6.27. The Hall–Kier alpha value is -2.75. The van der Waals surface area contributed by atoms with Crippen LogP contribution in [-0.4, -0.2) is 18.6 Å². The molecule has 0 bridgehead atoms. The van der Waals surface area contributed by atoms with Gasteiger partial charge >= 0.3 is 0 Å². The van der Waals surface area contributed by atoms with Crippen LogP contribution < -0.4 is 14.8 Å². The highest BCUT2D eigenvalue weighted by Gasteiger charge is 2.07. The van der Waals surface area contributed by atoms with Crippen molar-refractivity contribution in [3.63, 3.8) is 0 Å². The van der Waals surface area contributed by atoms with Crippen molar-refractivity contribution < 1.29 is 14.3 Å². The molecule has 4 heteroatoms.